The van der Waals surface area contributed by atoms with Crippen molar-refractivity contribution in [3.05, 3.63) is 188 Å². The Kier molecular flexibility index (Phi) is 6.56. The summed E-state index contributed by atoms with van der Waals surface area (Å²) in [6.45, 7) is 0. The second-order valence-electron chi connectivity index (χ2n) is 14.4. The number of fused-ring (bicyclic) bond motifs is 11. The van der Waals surface area contributed by atoms with E-state index in [2.05, 4.69) is 161 Å². The highest BCUT2D eigenvalue weighted by Crippen LogP contribution is 2.46. The number of rotatable bonds is 4. The summed E-state index contributed by atoms with van der Waals surface area (Å²) >= 11 is 0. The van der Waals surface area contributed by atoms with E-state index in [0.29, 0.717) is 5.95 Å². The van der Waals surface area contributed by atoms with Crippen LogP contribution in [0.4, 0.5) is 0 Å². The van der Waals surface area contributed by atoms with E-state index in [1.54, 1.807) is 0 Å². The summed E-state index contributed by atoms with van der Waals surface area (Å²) in [5.74, 6) is 0.618. The molecule has 0 saturated heterocycles. The quantitative estimate of drug-likeness (QED) is 0.182. The highest BCUT2D eigenvalue weighted by molar-refractivity contribution is 6.27. The summed E-state index contributed by atoms with van der Waals surface area (Å²) in [7, 11) is 0. The van der Waals surface area contributed by atoms with Crippen LogP contribution in [0.15, 0.2) is 188 Å². The molecule has 0 radical (unpaired) electrons. The number of nitrogens with zero attached hydrogens (tertiary/aromatic N) is 5. The molecule has 0 saturated carbocycles. The van der Waals surface area contributed by atoms with Gasteiger partial charge in [0.25, 0.3) is 0 Å². The van der Waals surface area contributed by atoms with Crippen LogP contribution in [0.25, 0.3) is 110 Å². The van der Waals surface area contributed by atoms with Gasteiger partial charge < -0.3 is 4.57 Å². The molecule has 0 N–H and O–H groups in total. The lowest BCUT2D eigenvalue weighted by molar-refractivity contribution is 1.01. The third-order valence-electron chi connectivity index (χ3n) is 11.3. The van der Waals surface area contributed by atoms with Crippen molar-refractivity contribution in [2.75, 3.05) is 0 Å². The predicted molar refractivity (Wildman–Crippen MR) is 232 cm³/mol. The Morgan fingerprint density at radius 2 is 0.982 bits per heavy atom. The maximum Gasteiger partial charge on any atom is 0.235 e. The number of aromatic nitrogens is 5. The highest BCUT2D eigenvalue weighted by atomic mass is 15.2. The van der Waals surface area contributed by atoms with Gasteiger partial charge in [-0.1, -0.05) is 133 Å². The van der Waals surface area contributed by atoms with Crippen molar-refractivity contribution in [3.63, 3.8) is 0 Å². The molecule has 0 aliphatic rings. The lowest BCUT2D eigenvalue weighted by Crippen LogP contribution is -2.04. The predicted octanol–water partition coefficient (Wildman–Crippen LogP) is 12.9. The van der Waals surface area contributed by atoms with Gasteiger partial charge in [-0.25, -0.2) is 9.97 Å². The zero-order chi connectivity index (χ0) is 36.7. The first-order valence-electron chi connectivity index (χ1n) is 19.0. The van der Waals surface area contributed by atoms with Gasteiger partial charge in [-0.2, -0.15) is 0 Å². The van der Waals surface area contributed by atoms with E-state index in [4.69, 9.17) is 15.0 Å². The summed E-state index contributed by atoms with van der Waals surface area (Å²) in [5.41, 5.74) is 11.4. The molecule has 12 aromatic rings. The number of hydrogen-bond acceptors (Lipinski definition) is 3. The molecule has 0 bridgehead atoms. The van der Waals surface area contributed by atoms with Gasteiger partial charge in [0.05, 0.1) is 27.6 Å². The maximum atomic E-state index is 5.32. The van der Waals surface area contributed by atoms with Crippen LogP contribution in [0.2, 0.25) is 0 Å². The van der Waals surface area contributed by atoms with Gasteiger partial charge >= 0.3 is 0 Å². The SMILES string of the molecule is c1ccc(-c2nc(-n3c4ccccc4c4cc(-c5cc6c(c7ccccc57)c5ccccc5n6-c5ccccc5)c5ccccc5c43)nc3cccnc23)cc1. The first-order chi connectivity index (χ1) is 27.8. The normalized spacial score (nSPS) is 11.9. The fraction of sp³-hybridized carbons (Fsp3) is 0. The summed E-state index contributed by atoms with van der Waals surface area (Å²) in [6, 6.07) is 64.9. The van der Waals surface area contributed by atoms with E-state index in [1.807, 2.05) is 36.5 Å². The van der Waals surface area contributed by atoms with Crippen molar-refractivity contribution < 1.29 is 0 Å². The Bertz CT molecular complexity index is 3530. The Hall–Kier alpha value is -7.63. The minimum absolute atomic E-state index is 0.618. The van der Waals surface area contributed by atoms with E-state index < -0.39 is 0 Å². The third-order valence-corrected chi connectivity index (χ3v) is 11.3. The van der Waals surface area contributed by atoms with Crippen molar-refractivity contribution in [2.24, 2.45) is 0 Å². The van der Waals surface area contributed by atoms with E-state index >= 15 is 0 Å². The first kappa shape index (κ1) is 30.8. The number of pyridine rings is 1. The van der Waals surface area contributed by atoms with Crippen LogP contribution >= 0.6 is 0 Å². The molecule has 0 aliphatic carbocycles. The highest BCUT2D eigenvalue weighted by Gasteiger charge is 2.23. The van der Waals surface area contributed by atoms with Gasteiger partial charge in [0.15, 0.2) is 0 Å². The monoisotopic (exact) mass is 713 g/mol. The average Bonchev–Trinajstić information content (AvgIpc) is 3.79. The van der Waals surface area contributed by atoms with Crippen molar-refractivity contribution in [3.8, 4) is 34.0 Å². The minimum atomic E-state index is 0.618. The zero-order valence-electron chi connectivity index (χ0n) is 30.1. The maximum absolute atomic E-state index is 5.32. The molecule has 4 aromatic heterocycles. The van der Waals surface area contributed by atoms with Crippen LogP contribution in [-0.2, 0) is 0 Å². The van der Waals surface area contributed by atoms with E-state index in [9.17, 15) is 0 Å². The van der Waals surface area contributed by atoms with Gasteiger partial charge in [0.2, 0.25) is 5.95 Å². The molecule has 12 rings (SSSR count). The largest absolute Gasteiger partial charge is 0.309 e. The van der Waals surface area contributed by atoms with Crippen LogP contribution < -0.4 is 0 Å². The summed E-state index contributed by atoms with van der Waals surface area (Å²) < 4.78 is 4.67. The smallest absolute Gasteiger partial charge is 0.235 e. The second-order valence-corrected chi connectivity index (χ2v) is 14.4. The fourth-order valence-corrected chi connectivity index (χ4v) is 9.01. The Balaban J connectivity index is 1.22. The Morgan fingerprint density at radius 3 is 1.75 bits per heavy atom. The topological polar surface area (TPSA) is 48.5 Å². The lowest BCUT2D eigenvalue weighted by Gasteiger charge is -2.16. The Labute approximate surface area is 321 Å². The Morgan fingerprint density at radius 1 is 0.393 bits per heavy atom. The molecule has 5 nitrogen and oxygen atoms in total. The zero-order valence-corrected chi connectivity index (χ0v) is 30.1. The molecule has 8 aromatic carbocycles. The van der Waals surface area contributed by atoms with Crippen molar-refractivity contribution in [1.82, 2.24) is 24.1 Å². The van der Waals surface area contributed by atoms with Crippen LogP contribution in [0.5, 0.6) is 0 Å². The summed E-state index contributed by atoms with van der Waals surface area (Å²) in [5, 5.41) is 9.58. The van der Waals surface area contributed by atoms with E-state index in [-0.39, 0.29) is 0 Å². The van der Waals surface area contributed by atoms with Gasteiger partial charge in [-0.05, 0) is 75.8 Å². The average molecular weight is 714 g/mol. The molecular formula is C51H31N5. The third kappa shape index (κ3) is 4.39. The molecule has 0 amide bonds. The molecule has 0 fully saturated rings. The molecule has 0 aliphatic heterocycles. The number of para-hydroxylation sites is 3. The van der Waals surface area contributed by atoms with Crippen molar-refractivity contribution >= 4 is 76.2 Å². The molecule has 0 atom stereocenters. The molecule has 56 heavy (non-hydrogen) atoms. The van der Waals surface area contributed by atoms with Gasteiger partial charge in [-0.3, -0.25) is 9.55 Å². The van der Waals surface area contributed by atoms with Crippen molar-refractivity contribution in [1.29, 1.82) is 0 Å². The number of benzene rings is 8. The van der Waals surface area contributed by atoms with Crippen LogP contribution in [0, 0.1) is 0 Å². The molecule has 260 valence electrons. The first-order valence-corrected chi connectivity index (χ1v) is 19.0. The standard InChI is InChI=1S/C51H31N5/c1-3-16-32(17-4-1)48-49-43(26-15-29-52-49)53-51(54-48)56-44-27-13-11-22-36(44)42-30-40(35-21-8-10-24-38(35)50(42)56)41-31-46-47(37-23-9-7-20-34(37)41)39-25-12-14-28-45(39)55(46)33-18-5-2-6-19-33/h1-31H. The van der Waals surface area contributed by atoms with Crippen LogP contribution in [-0.4, -0.2) is 24.1 Å². The number of hydrogen-bond donors (Lipinski definition) is 0. The van der Waals surface area contributed by atoms with Gasteiger partial charge in [0, 0.05) is 44.4 Å². The van der Waals surface area contributed by atoms with Crippen LogP contribution in [0.3, 0.4) is 0 Å². The molecule has 0 unspecified atom stereocenters. The van der Waals surface area contributed by atoms with Gasteiger partial charge in [-0.15, -0.1) is 0 Å². The summed E-state index contributed by atoms with van der Waals surface area (Å²) in [4.78, 5) is 15.3. The molecule has 5 heteroatoms. The molecular weight excluding hydrogens is 683 g/mol. The molecule has 0 spiro atoms. The fourth-order valence-electron chi connectivity index (χ4n) is 9.01. The van der Waals surface area contributed by atoms with E-state index in [1.165, 1.54) is 49.1 Å². The van der Waals surface area contributed by atoms with Crippen molar-refractivity contribution in [2.45, 2.75) is 0 Å². The van der Waals surface area contributed by atoms with Crippen LogP contribution in [0.1, 0.15) is 0 Å². The molecule has 4 heterocycles. The van der Waals surface area contributed by atoms with Gasteiger partial charge in [0.1, 0.15) is 11.2 Å². The second kappa shape index (κ2) is 11.9. The van der Waals surface area contributed by atoms with E-state index in [0.717, 1.165) is 55.2 Å². The lowest BCUT2D eigenvalue weighted by atomic mass is 9.90. The minimum Gasteiger partial charge on any atom is -0.309 e. The summed E-state index contributed by atoms with van der Waals surface area (Å²) in [6.07, 6.45) is 1.81.